The van der Waals surface area contributed by atoms with Crippen LogP contribution in [0.25, 0.3) is 0 Å². The van der Waals surface area contributed by atoms with Gasteiger partial charge in [-0.25, -0.2) is 4.98 Å². The van der Waals surface area contributed by atoms with Crippen LogP contribution in [0.1, 0.15) is 11.5 Å². The predicted octanol–water partition coefficient (Wildman–Crippen LogP) is 2.76. The Hall–Kier alpha value is -0.520. The fourth-order valence-corrected chi connectivity index (χ4v) is 1.05. The van der Waals surface area contributed by atoms with Gasteiger partial charge in [0.1, 0.15) is 0 Å². The zero-order chi connectivity index (χ0) is 8.65. The Kier molecular flexibility index (Phi) is 1.96. The van der Waals surface area contributed by atoms with E-state index in [1.165, 1.54) is 6.92 Å². The van der Waals surface area contributed by atoms with Crippen molar-refractivity contribution in [2.75, 3.05) is 0 Å². The molecule has 0 aliphatic heterocycles. The number of rotatable bonds is 0. The van der Waals surface area contributed by atoms with Gasteiger partial charge in [-0.05, 0) is 6.92 Å². The molecule has 0 bridgehead atoms. The van der Waals surface area contributed by atoms with Crippen molar-refractivity contribution in [3.63, 3.8) is 0 Å². The van der Waals surface area contributed by atoms with Gasteiger partial charge in [0.25, 0.3) is 4.80 Å². The van der Waals surface area contributed by atoms with E-state index in [0.29, 0.717) is 0 Å². The Morgan fingerprint density at radius 2 is 2.00 bits per heavy atom. The molecule has 0 atom stereocenters. The molecule has 1 aromatic heterocycles. The normalized spacial score (nSPS) is 12.1. The third-order valence-corrected chi connectivity index (χ3v) is 1.37. The lowest BCUT2D eigenvalue weighted by Crippen LogP contribution is -2.04. The first-order valence-corrected chi connectivity index (χ1v) is 3.40. The van der Waals surface area contributed by atoms with Crippen LogP contribution in [0, 0.1) is 6.92 Å². The summed E-state index contributed by atoms with van der Waals surface area (Å²) in [5, 5.41) is 0. The van der Waals surface area contributed by atoms with Crippen molar-refractivity contribution in [1.82, 2.24) is 4.98 Å². The summed E-state index contributed by atoms with van der Waals surface area (Å²) >= 11 is 2.70. The minimum absolute atomic E-state index is 0.151. The quantitative estimate of drug-likeness (QED) is 0.684. The summed E-state index contributed by atoms with van der Waals surface area (Å²) in [5.41, 5.74) is -0.163. The highest BCUT2D eigenvalue weighted by Gasteiger charge is 2.37. The maximum atomic E-state index is 11.9. The third kappa shape index (κ3) is 1.74. The van der Waals surface area contributed by atoms with E-state index < -0.39 is 11.9 Å². The van der Waals surface area contributed by atoms with E-state index >= 15 is 0 Å². The number of halogens is 4. The van der Waals surface area contributed by atoms with E-state index in [4.69, 9.17) is 0 Å². The molecule has 0 radical (unpaired) electrons. The summed E-state index contributed by atoms with van der Waals surface area (Å²) < 4.78 is 40.0. The number of aromatic nitrogens is 1. The number of hydrogen-bond acceptors (Lipinski definition) is 2. The zero-order valence-electron chi connectivity index (χ0n) is 5.37. The van der Waals surface area contributed by atoms with Crippen molar-refractivity contribution in [2.45, 2.75) is 13.1 Å². The SMILES string of the molecule is Cc1nc(Br)oc1C(F)(F)F. The average Bonchev–Trinajstić information content (AvgIpc) is 2.08. The van der Waals surface area contributed by atoms with E-state index in [1.807, 2.05) is 0 Å². The molecule has 62 valence electrons. The standard InChI is InChI=1S/C5H3BrF3NO/c1-2-3(5(7,8)9)11-4(6)10-2/h1H3. The molecule has 0 aromatic carbocycles. The summed E-state index contributed by atoms with van der Waals surface area (Å²) in [7, 11) is 0. The second-order valence-corrected chi connectivity index (χ2v) is 2.56. The highest BCUT2D eigenvalue weighted by molar-refractivity contribution is 9.10. The van der Waals surface area contributed by atoms with E-state index in [9.17, 15) is 13.2 Å². The molecule has 0 amide bonds. The molecular weight excluding hydrogens is 227 g/mol. The minimum Gasteiger partial charge on any atom is -0.426 e. The van der Waals surface area contributed by atoms with Gasteiger partial charge in [0.2, 0.25) is 5.76 Å². The van der Waals surface area contributed by atoms with Crippen molar-refractivity contribution in [1.29, 1.82) is 0 Å². The summed E-state index contributed by atoms with van der Waals surface area (Å²) in [5.74, 6) is -1.05. The Balaban J connectivity index is 3.13. The van der Waals surface area contributed by atoms with Crippen LogP contribution < -0.4 is 0 Å². The van der Waals surface area contributed by atoms with Crippen molar-refractivity contribution < 1.29 is 17.6 Å². The first-order chi connectivity index (χ1) is 4.91. The van der Waals surface area contributed by atoms with Crippen LogP contribution in [0.5, 0.6) is 0 Å². The van der Waals surface area contributed by atoms with E-state index in [1.54, 1.807) is 0 Å². The van der Waals surface area contributed by atoms with Crippen molar-refractivity contribution in [2.24, 2.45) is 0 Å². The summed E-state index contributed by atoms with van der Waals surface area (Å²) in [6.45, 7) is 1.23. The molecule has 1 rings (SSSR count). The van der Waals surface area contributed by atoms with Crippen LogP contribution in [-0.4, -0.2) is 4.98 Å². The van der Waals surface area contributed by atoms with Gasteiger partial charge < -0.3 is 4.42 Å². The lowest BCUT2D eigenvalue weighted by atomic mass is 10.4. The molecule has 0 aliphatic rings. The van der Waals surface area contributed by atoms with E-state index in [-0.39, 0.29) is 10.5 Å². The second-order valence-electron chi connectivity index (χ2n) is 1.88. The molecule has 0 spiro atoms. The number of alkyl halides is 3. The smallest absolute Gasteiger partial charge is 0.426 e. The molecule has 0 saturated carbocycles. The number of nitrogens with zero attached hydrogens (tertiary/aromatic N) is 1. The van der Waals surface area contributed by atoms with Gasteiger partial charge in [0, 0.05) is 15.9 Å². The fourth-order valence-electron chi connectivity index (χ4n) is 0.627. The number of oxazole rings is 1. The molecule has 0 fully saturated rings. The van der Waals surface area contributed by atoms with Crippen LogP contribution in [-0.2, 0) is 6.18 Å². The summed E-state index contributed by atoms with van der Waals surface area (Å²) in [4.78, 5) is 3.26. The van der Waals surface area contributed by atoms with Crippen LogP contribution >= 0.6 is 15.9 Å². The third-order valence-electron chi connectivity index (χ3n) is 1.03. The maximum Gasteiger partial charge on any atom is 0.451 e. The second kappa shape index (κ2) is 2.51. The largest absolute Gasteiger partial charge is 0.451 e. The summed E-state index contributed by atoms with van der Waals surface area (Å²) in [6, 6.07) is 0. The van der Waals surface area contributed by atoms with E-state index in [2.05, 4.69) is 25.3 Å². The first kappa shape index (κ1) is 8.58. The Morgan fingerprint density at radius 3 is 2.18 bits per heavy atom. The Morgan fingerprint density at radius 1 is 1.45 bits per heavy atom. The Labute approximate surface area is 68.5 Å². The predicted molar refractivity (Wildman–Crippen MR) is 33.9 cm³/mol. The number of hydrogen-bond donors (Lipinski definition) is 0. The number of aryl methyl sites for hydroxylation is 1. The van der Waals surface area contributed by atoms with Gasteiger partial charge in [0.05, 0.1) is 5.69 Å². The topological polar surface area (TPSA) is 26.0 Å². The molecular formula is C5H3BrF3NO. The lowest BCUT2D eigenvalue weighted by Gasteiger charge is -2.00. The lowest BCUT2D eigenvalue weighted by molar-refractivity contribution is -0.153. The molecule has 11 heavy (non-hydrogen) atoms. The fraction of sp³-hybridized carbons (Fsp3) is 0.400. The van der Waals surface area contributed by atoms with Gasteiger partial charge >= 0.3 is 6.18 Å². The monoisotopic (exact) mass is 229 g/mol. The van der Waals surface area contributed by atoms with Gasteiger partial charge in [-0.3, -0.25) is 0 Å². The van der Waals surface area contributed by atoms with E-state index in [0.717, 1.165) is 0 Å². The van der Waals surface area contributed by atoms with Crippen molar-refractivity contribution >= 4 is 15.9 Å². The zero-order valence-corrected chi connectivity index (χ0v) is 6.95. The van der Waals surface area contributed by atoms with Crippen LogP contribution in [0.3, 0.4) is 0 Å². The summed E-state index contributed by atoms with van der Waals surface area (Å²) in [6.07, 6.45) is -4.46. The average molecular weight is 230 g/mol. The van der Waals surface area contributed by atoms with Crippen LogP contribution in [0.4, 0.5) is 13.2 Å². The molecule has 6 heteroatoms. The van der Waals surface area contributed by atoms with Gasteiger partial charge in [-0.2, -0.15) is 13.2 Å². The maximum absolute atomic E-state index is 11.9. The highest BCUT2D eigenvalue weighted by Crippen LogP contribution is 2.33. The highest BCUT2D eigenvalue weighted by atomic mass is 79.9. The molecule has 1 aromatic rings. The Bertz CT molecular complexity index is 267. The van der Waals surface area contributed by atoms with Gasteiger partial charge in [-0.1, -0.05) is 0 Å². The molecule has 0 N–H and O–H groups in total. The first-order valence-electron chi connectivity index (χ1n) is 2.61. The molecule has 1 heterocycles. The van der Waals surface area contributed by atoms with Gasteiger partial charge in [-0.15, -0.1) is 0 Å². The van der Waals surface area contributed by atoms with Crippen LogP contribution in [0.2, 0.25) is 0 Å². The minimum atomic E-state index is -4.46. The molecule has 0 aliphatic carbocycles. The molecule has 2 nitrogen and oxygen atoms in total. The van der Waals surface area contributed by atoms with Crippen LogP contribution in [0.15, 0.2) is 9.22 Å². The molecule has 0 saturated heterocycles. The van der Waals surface area contributed by atoms with Crippen molar-refractivity contribution in [3.05, 3.63) is 16.3 Å². The molecule has 0 unspecified atom stereocenters. The van der Waals surface area contributed by atoms with Crippen molar-refractivity contribution in [3.8, 4) is 0 Å². The van der Waals surface area contributed by atoms with Gasteiger partial charge in [0.15, 0.2) is 0 Å².